The second-order valence-corrected chi connectivity index (χ2v) is 6.03. The number of rotatable bonds is 1. The van der Waals surface area contributed by atoms with E-state index in [0.29, 0.717) is 22.2 Å². The van der Waals surface area contributed by atoms with E-state index in [2.05, 4.69) is 14.5 Å². The number of hydrogen-bond donors (Lipinski definition) is 1. The van der Waals surface area contributed by atoms with Gasteiger partial charge in [-0.1, -0.05) is 6.07 Å². The number of nitrogens with one attached hydrogen (secondary N) is 1. The highest BCUT2D eigenvalue weighted by Gasteiger charge is 2.36. The third-order valence-corrected chi connectivity index (χ3v) is 4.95. The van der Waals surface area contributed by atoms with Crippen LogP contribution in [0.2, 0.25) is 0 Å². The van der Waals surface area contributed by atoms with Gasteiger partial charge in [-0.2, -0.15) is 0 Å². The van der Waals surface area contributed by atoms with Gasteiger partial charge in [0.05, 0.1) is 11.6 Å². The molecule has 5 heteroatoms. The van der Waals surface area contributed by atoms with Crippen molar-refractivity contribution < 1.29 is 4.39 Å². The van der Waals surface area contributed by atoms with Crippen LogP contribution in [0.3, 0.4) is 0 Å². The van der Waals surface area contributed by atoms with Crippen LogP contribution in [0.4, 0.5) is 4.39 Å². The second-order valence-electron chi connectivity index (χ2n) is 5.64. The monoisotopic (exact) mass is 277 g/mol. The molecular weight excluding hydrogens is 261 g/mol. The molecule has 3 aliphatic rings. The highest BCUT2D eigenvalue weighted by Crippen LogP contribution is 2.37. The highest BCUT2D eigenvalue weighted by molar-refractivity contribution is 7.71. The summed E-state index contributed by atoms with van der Waals surface area (Å²) < 4.78 is 16.6. The lowest BCUT2D eigenvalue weighted by Gasteiger charge is -2.45. The van der Waals surface area contributed by atoms with E-state index in [9.17, 15) is 4.39 Å². The summed E-state index contributed by atoms with van der Waals surface area (Å²) in [7, 11) is 0. The normalized spacial score (nSPS) is 30.1. The van der Waals surface area contributed by atoms with Crippen LogP contribution in [0.1, 0.15) is 18.9 Å². The first-order valence-corrected chi connectivity index (χ1v) is 7.26. The Morgan fingerprint density at radius 2 is 2.05 bits per heavy atom. The summed E-state index contributed by atoms with van der Waals surface area (Å²) >= 11 is 5.43. The maximum absolute atomic E-state index is 13.8. The van der Waals surface area contributed by atoms with E-state index >= 15 is 0 Å². The Hall–Kier alpha value is -1.20. The van der Waals surface area contributed by atoms with Gasteiger partial charge in [-0.25, -0.2) is 4.39 Å². The van der Waals surface area contributed by atoms with E-state index in [1.807, 2.05) is 6.07 Å². The van der Waals surface area contributed by atoms with Crippen LogP contribution in [-0.4, -0.2) is 34.1 Å². The molecule has 2 aromatic rings. The van der Waals surface area contributed by atoms with Crippen molar-refractivity contribution in [2.45, 2.75) is 18.9 Å². The fourth-order valence-electron chi connectivity index (χ4n) is 3.67. The van der Waals surface area contributed by atoms with Gasteiger partial charge in [0.15, 0.2) is 4.77 Å². The summed E-state index contributed by atoms with van der Waals surface area (Å²) in [4.78, 5) is 5.53. The minimum atomic E-state index is -0.219. The zero-order valence-corrected chi connectivity index (χ0v) is 11.4. The topological polar surface area (TPSA) is 24.0 Å². The zero-order valence-electron chi connectivity index (χ0n) is 10.6. The highest BCUT2D eigenvalue weighted by atomic mass is 32.1. The summed E-state index contributed by atoms with van der Waals surface area (Å²) in [6.45, 7) is 3.44. The van der Waals surface area contributed by atoms with Gasteiger partial charge in [0.2, 0.25) is 0 Å². The summed E-state index contributed by atoms with van der Waals surface area (Å²) in [6, 6.07) is 5.60. The third kappa shape index (κ3) is 1.68. The molecule has 1 unspecified atom stereocenters. The van der Waals surface area contributed by atoms with Crippen molar-refractivity contribution in [3.05, 3.63) is 28.8 Å². The minimum absolute atomic E-state index is 0.219. The SMILES string of the molecule is Fc1cccc2c1[nH]c(=S)n2C1CN2CCC1CC2. The molecule has 0 spiro atoms. The molecule has 3 nitrogen and oxygen atoms in total. The van der Waals surface area contributed by atoms with Crippen LogP contribution in [0.15, 0.2) is 18.2 Å². The molecule has 1 N–H and O–H groups in total. The zero-order chi connectivity index (χ0) is 13.0. The standard InChI is InChI=1S/C14H16FN3S/c15-10-2-1-3-11-13(10)16-14(19)18(11)12-8-17-6-4-9(12)5-7-17/h1-3,9,12H,4-8H2,(H,16,19). The molecule has 0 saturated carbocycles. The van der Waals surface area contributed by atoms with Crippen molar-refractivity contribution in [2.24, 2.45) is 5.92 Å². The number of H-pyrrole nitrogens is 1. The van der Waals surface area contributed by atoms with Gasteiger partial charge in [0.25, 0.3) is 0 Å². The molecule has 1 aromatic heterocycles. The van der Waals surface area contributed by atoms with E-state index in [1.165, 1.54) is 32.0 Å². The number of benzene rings is 1. The molecule has 100 valence electrons. The first-order valence-electron chi connectivity index (χ1n) is 6.85. The van der Waals surface area contributed by atoms with E-state index in [4.69, 9.17) is 12.2 Å². The van der Waals surface area contributed by atoms with Gasteiger partial charge >= 0.3 is 0 Å². The molecule has 1 aromatic carbocycles. The van der Waals surface area contributed by atoms with Gasteiger partial charge in [0.1, 0.15) is 11.3 Å². The Kier molecular flexibility index (Phi) is 2.53. The van der Waals surface area contributed by atoms with Gasteiger partial charge < -0.3 is 14.5 Å². The average Bonchev–Trinajstić information content (AvgIpc) is 2.78. The van der Waals surface area contributed by atoms with Crippen molar-refractivity contribution in [1.29, 1.82) is 0 Å². The van der Waals surface area contributed by atoms with Crippen molar-refractivity contribution in [3.63, 3.8) is 0 Å². The van der Waals surface area contributed by atoms with Crippen LogP contribution < -0.4 is 0 Å². The first-order chi connectivity index (χ1) is 9.24. The largest absolute Gasteiger partial charge is 0.328 e. The predicted molar refractivity (Wildman–Crippen MR) is 75.3 cm³/mol. The first kappa shape index (κ1) is 11.6. The van der Waals surface area contributed by atoms with E-state index in [-0.39, 0.29) is 5.82 Å². The average molecular weight is 277 g/mol. The third-order valence-electron chi connectivity index (χ3n) is 4.66. The smallest absolute Gasteiger partial charge is 0.178 e. The lowest BCUT2D eigenvalue weighted by molar-refractivity contribution is 0.0582. The molecule has 4 heterocycles. The van der Waals surface area contributed by atoms with Crippen LogP contribution in [-0.2, 0) is 0 Å². The van der Waals surface area contributed by atoms with Crippen LogP contribution >= 0.6 is 12.2 Å². The number of fused-ring (bicyclic) bond motifs is 4. The molecule has 3 saturated heterocycles. The number of piperidine rings is 3. The summed E-state index contributed by atoms with van der Waals surface area (Å²) in [5.41, 5.74) is 1.45. The van der Waals surface area contributed by atoms with Gasteiger partial charge in [-0.3, -0.25) is 0 Å². The van der Waals surface area contributed by atoms with Crippen molar-refractivity contribution in [1.82, 2.24) is 14.5 Å². The Morgan fingerprint density at radius 3 is 2.74 bits per heavy atom. The minimum Gasteiger partial charge on any atom is -0.328 e. The number of hydrogen-bond acceptors (Lipinski definition) is 2. The Balaban J connectivity index is 1.89. The lowest BCUT2D eigenvalue weighted by atomic mass is 9.84. The summed E-state index contributed by atoms with van der Waals surface area (Å²) in [6.07, 6.45) is 2.46. The maximum Gasteiger partial charge on any atom is 0.178 e. The number of nitrogens with zero attached hydrogens (tertiary/aromatic N) is 2. The van der Waals surface area contributed by atoms with Gasteiger partial charge in [0, 0.05) is 6.54 Å². The summed E-state index contributed by atoms with van der Waals surface area (Å²) in [5, 5.41) is 0. The van der Waals surface area contributed by atoms with E-state index in [1.54, 1.807) is 6.07 Å². The maximum atomic E-state index is 13.8. The molecule has 1 atom stereocenters. The molecule has 5 rings (SSSR count). The predicted octanol–water partition coefficient (Wildman–Crippen LogP) is 3.10. The number of halogens is 1. The van der Waals surface area contributed by atoms with Crippen LogP contribution in [0.5, 0.6) is 0 Å². The van der Waals surface area contributed by atoms with Gasteiger partial charge in [-0.15, -0.1) is 0 Å². The summed E-state index contributed by atoms with van der Waals surface area (Å²) in [5.74, 6) is 0.461. The molecule has 2 bridgehead atoms. The molecule has 0 aliphatic carbocycles. The van der Waals surface area contributed by atoms with E-state index in [0.717, 1.165) is 12.1 Å². The molecule has 3 aliphatic heterocycles. The molecule has 0 radical (unpaired) electrons. The van der Waals surface area contributed by atoms with Crippen LogP contribution in [0, 0.1) is 16.5 Å². The number of aromatic amines is 1. The van der Waals surface area contributed by atoms with E-state index < -0.39 is 0 Å². The van der Waals surface area contributed by atoms with Gasteiger partial charge in [-0.05, 0) is 56.2 Å². The Labute approximate surface area is 116 Å². The number of imidazole rings is 1. The second kappa shape index (κ2) is 4.15. The van der Waals surface area contributed by atoms with Crippen molar-refractivity contribution >= 4 is 23.3 Å². The molecule has 19 heavy (non-hydrogen) atoms. The Bertz CT molecular complexity index is 682. The molecular formula is C14H16FN3S. The fourth-order valence-corrected chi connectivity index (χ4v) is 4.01. The van der Waals surface area contributed by atoms with Crippen molar-refractivity contribution in [2.75, 3.05) is 19.6 Å². The fraction of sp³-hybridized carbons (Fsp3) is 0.500. The molecule has 3 fully saturated rings. The lowest BCUT2D eigenvalue weighted by Crippen LogP contribution is -2.48. The Morgan fingerprint density at radius 1 is 1.26 bits per heavy atom. The quantitative estimate of drug-likeness (QED) is 0.810. The van der Waals surface area contributed by atoms with Crippen molar-refractivity contribution in [3.8, 4) is 0 Å². The number of aromatic nitrogens is 2. The van der Waals surface area contributed by atoms with Crippen LogP contribution in [0.25, 0.3) is 11.0 Å². The number of para-hydroxylation sites is 1. The molecule has 0 amide bonds.